The highest BCUT2D eigenvalue weighted by molar-refractivity contribution is 6.07. The maximum absolute atomic E-state index is 12.8. The summed E-state index contributed by atoms with van der Waals surface area (Å²) >= 11 is 0. The first-order chi connectivity index (χ1) is 16.4. The summed E-state index contributed by atoms with van der Waals surface area (Å²) in [5.41, 5.74) is 2.45. The topological polar surface area (TPSA) is 135 Å². The minimum Gasteiger partial charge on any atom is -0.480 e. The van der Waals surface area contributed by atoms with E-state index in [2.05, 4.69) is 16.0 Å². The number of carboxylic acids is 1. The lowest BCUT2D eigenvalue weighted by Crippen LogP contribution is -2.48. The van der Waals surface area contributed by atoms with Crippen LogP contribution < -0.4 is 20.9 Å². The van der Waals surface area contributed by atoms with Crippen molar-refractivity contribution in [2.24, 2.45) is 0 Å². The van der Waals surface area contributed by atoms with Crippen molar-refractivity contribution in [3.63, 3.8) is 0 Å². The first-order valence-electron chi connectivity index (χ1n) is 11.4. The number of benzene rings is 2. The highest BCUT2D eigenvalue weighted by Crippen LogP contribution is 2.26. The number of carboxylic acid groups (broad SMARTS) is 1. The predicted octanol–water partition coefficient (Wildman–Crippen LogP) is 1.94. The van der Waals surface area contributed by atoms with Gasteiger partial charge in [-0.15, -0.1) is 12.4 Å². The first kappa shape index (κ1) is 27.8. The monoisotopic (exact) mass is 501 g/mol. The van der Waals surface area contributed by atoms with Crippen LogP contribution in [0.5, 0.6) is 0 Å². The number of hydrogen-bond donors (Lipinski definition) is 5. The van der Waals surface area contributed by atoms with E-state index in [1.165, 1.54) is 0 Å². The normalized spacial score (nSPS) is 15.6. The molecule has 10 heteroatoms. The first-order valence-corrected chi connectivity index (χ1v) is 11.4. The maximum Gasteiger partial charge on any atom is 0.317 e. The van der Waals surface area contributed by atoms with Crippen LogP contribution in [-0.4, -0.2) is 60.9 Å². The summed E-state index contributed by atoms with van der Waals surface area (Å²) in [5.74, 6) is -1.59. The Kier molecular flexibility index (Phi) is 10.7. The molecule has 0 saturated carbocycles. The fraction of sp³-hybridized carbons (Fsp3) is 0.360. The third-order valence-corrected chi connectivity index (χ3v) is 5.92. The van der Waals surface area contributed by atoms with Crippen molar-refractivity contribution in [1.82, 2.24) is 16.0 Å². The van der Waals surface area contributed by atoms with E-state index < -0.39 is 17.9 Å². The Bertz CT molecular complexity index is 1020. The number of hydrogen-bond acceptors (Lipinski definition) is 6. The molecule has 1 fully saturated rings. The molecule has 2 aromatic rings. The molecule has 1 saturated heterocycles. The number of amidine groups is 1. The molecule has 0 aromatic heterocycles. The largest absolute Gasteiger partial charge is 0.480 e. The van der Waals surface area contributed by atoms with Crippen LogP contribution in [0.4, 0.5) is 5.69 Å². The molecular weight excluding hydrogens is 470 g/mol. The van der Waals surface area contributed by atoms with Crippen LogP contribution in [0.25, 0.3) is 0 Å². The van der Waals surface area contributed by atoms with Gasteiger partial charge >= 0.3 is 5.97 Å². The summed E-state index contributed by atoms with van der Waals surface area (Å²) in [6.45, 7) is 0.432. The Morgan fingerprint density at radius 3 is 2.43 bits per heavy atom. The average Bonchev–Trinajstić information content (AvgIpc) is 3.34. The second-order valence-corrected chi connectivity index (χ2v) is 8.23. The lowest BCUT2D eigenvalue weighted by Gasteiger charge is -2.25. The van der Waals surface area contributed by atoms with Crippen LogP contribution in [0.1, 0.15) is 30.4 Å². The van der Waals surface area contributed by atoms with Gasteiger partial charge in [0.2, 0.25) is 11.8 Å². The standard InChI is InChI=1S/C25H31N5O4.ClH/c1-27-25(34)21-8-5-15-30(21)19-12-10-18(11-13-19)23(26)29-24(33)20(28-16-22(31)32)14-9-17-6-3-2-4-7-17;/h2-4,6-7,10-13,20-21,28H,5,8-9,14-16H2,1H3,(H,27,34)(H,31,32)(H2,26,29,33);1H/t20-,21+;/m1./s1. The van der Waals surface area contributed by atoms with Crippen molar-refractivity contribution in [3.8, 4) is 0 Å². The number of amides is 2. The summed E-state index contributed by atoms with van der Waals surface area (Å²) in [7, 11) is 1.63. The molecule has 2 amide bonds. The number of aryl methyl sites for hydroxylation is 1. The Labute approximate surface area is 211 Å². The molecule has 0 bridgehead atoms. The molecule has 0 aliphatic carbocycles. The Balaban J connectivity index is 0.00000432. The van der Waals surface area contributed by atoms with Gasteiger partial charge in [0, 0.05) is 24.8 Å². The van der Waals surface area contributed by atoms with E-state index in [0.29, 0.717) is 18.4 Å². The van der Waals surface area contributed by atoms with Gasteiger partial charge in [-0.05, 0) is 55.5 Å². The lowest BCUT2D eigenvalue weighted by atomic mass is 10.0. The maximum atomic E-state index is 12.8. The van der Waals surface area contributed by atoms with Crippen LogP contribution in [0.15, 0.2) is 54.6 Å². The van der Waals surface area contributed by atoms with Gasteiger partial charge in [0.05, 0.1) is 12.6 Å². The zero-order valence-corrected chi connectivity index (χ0v) is 20.4. The van der Waals surface area contributed by atoms with E-state index in [-0.39, 0.29) is 36.7 Å². The van der Waals surface area contributed by atoms with Gasteiger partial charge in [0.25, 0.3) is 0 Å². The SMILES string of the molecule is CNC(=O)[C@@H]1CCCN1c1ccc(C(=N)NC(=O)[C@@H](CCc2ccccc2)NCC(=O)O)cc1.Cl. The van der Waals surface area contributed by atoms with Gasteiger partial charge in [-0.2, -0.15) is 0 Å². The molecule has 0 spiro atoms. The summed E-state index contributed by atoms with van der Waals surface area (Å²) < 4.78 is 0. The molecule has 35 heavy (non-hydrogen) atoms. The van der Waals surface area contributed by atoms with Crippen molar-refractivity contribution in [2.45, 2.75) is 37.8 Å². The fourth-order valence-corrected chi connectivity index (χ4v) is 4.11. The highest BCUT2D eigenvalue weighted by atomic mass is 35.5. The molecule has 0 unspecified atom stereocenters. The van der Waals surface area contributed by atoms with E-state index in [9.17, 15) is 14.4 Å². The van der Waals surface area contributed by atoms with Crippen LogP contribution >= 0.6 is 12.4 Å². The minimum atomic E-state index is -1.06. The zero-order chi connectivity index (χ0) is 24.5. The number of carbonyl (C=O) groups excluding carboxylic acids is 2. The summed E-state index contributed by atoms with van der Waals surface area (Å²) in [6.07, 6.45) is 2.71. The van der Waals surface area contributed by atoms with E-state index in [0.717, 1.165) is 30.6 Å². The average molecular weight is 502 g/mol. The summed E-state index contributed by atoms with van der Waals surface area (Å²) in [5, 5.41) is 25.4. The second-order valence-electron chi connectivity index (χ2n) is 8.23. The van der Waals surface area contributed by atoms with Gasteiger partial charge in [0.1, 0.15) is 11.9 Å². The fourth-order valence-electron chi connectivity index (χ4n) is 4.11. The van der Waals surface area contributed by atoms with Gasteiger partial charge in [0.15, 0.2) is 0 Å². The molecule has 3 rings (SSSR count). The van der Waals surface area contributed by atoms with Crippen molar-refractivity contribution >= 4 is 41.7 Å². The van der Waals surface area contributed by atoms with Crippen molar-refractivity contribution in [2.75, 3.05) is 25.0 Å². The lowest BCUT2D eigenvalue weighted by molar-refractivity contribution is -0.136. The molecule has 5 N–H and O–H groups in total. The van der Waals surface area contributed by atoms with Crippen LogP contribution in [0, 0.1) is 5.41 Å². The second kappa shape index (κ2) is 13.5. The smallest absolute Gasteiger partial charge is 0.317 e. The Morgan fingerprint density at radius 2 is 1.80 bits per heavy atom. The number of likely N-dealkylation sites (N-methyl/N-ethyl adjacent to an activating group) is 1. The molecule has 1 aliphatic rings. The highest BCUT2D eigenvalue weighted by Gasteiger charge is 2.30. The molecule has 2 atom stereocenters. The van der Waals surface area contributed by atoms with Gasteiger partial charge < -0.3 is 20.6 Å². The summed E-state index contributed by atoms with van der Waals surface area (Å²) in [4.78, 5) is 38.0. The number of aliphatic carboxylic acids is 1. The molecule has 0 radical (unpaired) electrons. The molecule has 9 nitrogen and oxygen atoms in total. The van der Waals surface area contributed by atoms with Crippen LogP contribution in [0.2, 0.25) is 0 Å². The number of carbonyl (C=O) groups is 3. The van der Waals surface area contributed by atoms with Crippen LogP contribution in [-0.2, 0) is 20.8 Å². The molecule has 1 heterocycles. The van der Waals surface area contributed by atoms with Crippen molar-refractivity contribution in [1.29, 1.82) is 5.41 Å². The Morgan fingerprint density at radius 1 is 1.11 bits per heavy atom. The van der Waals surface area contributed by atoms with Gasteiger partial charge in [-0.3, -0.25) is 25.1 Å². The molecule has 1 aliphatic heterocycles. The predicted molar refractivity (Wildman–Crippen MR) is 137 cm³/mol. The van der Waals surface area contributed by atoms with Crippen LogP contribution in [0.3, 0.4) is 0 Å². The molecule has 2 aromatic carbocycles. The third kappa shape index (κ3) is 7.80. The third-order valence-electron chi connectivity index (χ3n) is 5.92. The summed E-state index contributed by atoms with van der Waals surface area (Å²) in [6, 6.07) is 15.8. The van der Waals surface area contributed by atoms with Gasteiger partial charge in [-0.1, -0.05) is 30.3 Å². The number of rotatable bonds is 10. The molecule has 188 valence electrons. The Hall–Kier alpha value is -3.43. The van der Waals surface area contributed by atoms with Crippen molar-refractivity contribution in [3.05, 3.63) is 65.7 Å². The number of halogens is 1. The van der Waals surface area contributed by atoms with E-state index in [4.69, 9.17) is 10.5 Å². The van der Waals surface area contributed by atoms with Gasteiger partial charge in [-0.25, -0.2) is 0 Å². The van der Waals surface area contributed by atoms with E-state index in [1.807, 2.05) is 47.4 Å². The van der Waals surface area contributed by atoms with E-state index in [1.54, 1.807) is 19.2 Å². The van der Waals surface area contributed by atoms with E-state index >= 15 is 0 Å². The molecular formula is C25H32ClN5O4. The number of nitrogens with one attached hydrogen (secondary N) is 4. The minimum absolute atomic E-state index is 0. The number of nitrogens with zero attached hydrogens (tertiary/aromatic N) is 1. The zero-order valence-electron chi connectivity index (χ0n) is 19.6. The quantitative estimate of drug-likeness (QED) is 0.249. The number of anilines is 1. The van der Waals surface area contributed by atoms with Crippen molar-refractivity contribution < 1.29 is 19.5 Å².